The fraction of sp³-hybridized carbons (Fsp3) is 0.480. The number of nitrogens with one attached hydrogen (secondary N) is 1. The van der Waals surface area contributed by atoms with Crippen LogP contribution in [0.1, 0.15) is 35.8 Å². The van der Waals surface area contributed by atoms with E-state index >= 15 is 0 Å². The van der Waals surface area contributed by atoms with Gasteiger partial charge in [0, 0.05) is 49.2 Å². The van der Waals surface area contributed by atoms with Gasteiger partial charge in [0.1, 0.15) is 17.0 Å². The Morgan fingerprint density at radius 2 is 2.00 bits per heavy atom. The van der Waals surface area contributed by atoms with E-state index in [2.05, 4.69) is 77.0 Å². The summed E-state index contributed by atoms with van der Waals surface area (Å²) in [7, 11) is 0. The van der Waals surface area contributed by atoms with Crippen LogP contribution in [0.2, 0.25) is 0 Å². The van der Waals surface area contributed by atoms with Crippen LogP contribution in [0.15, 0.2) is 30.6 Å². The van der Waals surface area contributed by atoms with E-state index in [1.165, 1.54) is 27.1 Å². The van der Waals surface area contributed by atoms with Gasteiger partial charge in [0.05, 0.1) is 5.39 Å². The monoisotopic (exact) mass is 451 g/mol. The zero-order chi connectivity index (χ0) is 22.7. The third kappa shape index (κ3) is 4.72. The molecular formula is C25H33N5OS. The van der Waals surface area contributed by atoms with Crippen LogP contribution in [0.4, 0.5) is 11.5 Å². The molecule has 0 unspecified atom stereocenters. The van der Waals surface area contributed by atoms with Crippen molar-refractivity contribution in [1.29, 1.82) is 0 Å². The van der Waals surface area contributed by atoms with Crippen LogP contribution in [0.25, 0.3) is 10.2 Å². The lowest BCUT2D eigenvalue weighted by Gasteiger charge is -2.32. The Morgan fingerprint density at radius 3 is 2.72 bits per heavy atom. The molecule has 0 saturated carbocycles. The number of piperidine rings is 1. The molecule has 1 aliphatic heterocycles. The van der Waals surface area contributed by atoms with Gasteiger partial charge in [-0.3, -0.25) is 4.79 Å². The Labute approximate surface area is 194 Å². The number of carbonyl (C=O) groups is 1. The number of aryl methyl sites for hydroxylation is 3. The molecule has 1 N–H and O–H groups in total. The molecular weight excluding hydrogens is 418 g/mol. The van der Waals surface area contributed by atoms with E-state index in [1.54, 1.807) is 17.7 Å². The number of hydrogen-bond acceptors (Lipinski definition) is 6. The molecule has 4 rings (SSSR count). The van der Waals surface area contributed by atoms with Gasteiger partial charge in [-0.05, 0) is 63.8 Å². The van der Waals surface area contributed by atoms with Crippen LogP contribution in [0.3, 0.4) is 0 Å². The smallest absolute Gasteiger partial charge is 0.223 e. The van der Waals surface area contributed by atoms with Crippen LogP contribution in [0.5, 0.6) is 0 Å². The lowest BCUT2D eigenvalue weighted by Crippen LogP contribution is -2.43. The maximum atomic E-state index is 12.8. The Balaban J connectivity index is 1.30. The molecule has 6 nitrogen and oxygen atoms in total. The molecule has 0 spiro atoms. The first-order chi connectivity index (χ1) is 15.5. The first-order valence-electron chi connectivity index (χ1n) is 11.5. The SMILES string of the molecule is CCN(CCNC(=O)C1CCN(c2ncnc3sc(C)c(C)c23)CC1)c1cccc(C)c1. The van der Waals surface area contributed by atoms with E-state index in [1.807, 2.05) is 0 Å². The fourth-order valence-electron chi connectivity index (χ4n) is 4.51. The molecule has 1 aliphatic rings. The Morgan fingerprint density at radius 1 is 1.22 bits per heavy atom. The van der Waals surface area contributed by atoms with Gasteiger partial charge in [0.2, 0.25) is 5.91 Å². The zero-order valence-electron chi connectivity index (χ0n) is 19.5. The lowest BCUT2D eigenvalue weighted by molar-refractivity contribution is -0.125. The second-order valence-corrected chi connectivity index (χ2v) is 9.83. The van der Waals surface area contributed by atoms with Gasteiger partial charge >= 0.3 is 0 Å². The first-order valence-corrected chi connectivity index (χ1v) is 12.3. The molecule has 3 aromatic rings. The second kappa shape index (κ2) is 9.86. The number of amides is 1. The highest BCUT2D eigenvalue weighted by Gasteiger charge is 2.27. The van der Waals surface area contributed by atoms with Crippen molar-refractivity contribution >= 4 is 39.0 Å². The highest BCUT2D eigenvalue weighted by Crippen LogP contribution is 2.35. The third-order valence-electron chi connectivity index (χ3n) is 6.54. The van der Waals surface area contributed by atoms with Gasteiger partial charge in [-0.25, -0.2) is 9.97 Å². The van der Waals surface area contributed by atoms with Crippen LogP contribution in [0, 0.1) is 26.7 Å². The van der Waals surface area contributed by atoms with Crippen molar-refractivity contribution in [3.63, 3.8) is 0 Å². The second-order valence-electron chi connectivity index (χ2n) is 8.63. The van der Waals surface area contributed by atoms with Gasteiger partial charge in [0.25, 0.3) is 0 Å². The lowest BCUT2D eigenvalue weighted by atomic mass is 9.95. The van der Waals surface area contributed by atoms with E-state index in [0.29, 0.717) is 6.54 Å². The predicted octanol–water partition coefficient (Wildman–Crippen LogP) is 4.48. The molecule has 1 fully saturated rings. The standard InChI is InChI=1S/C25H33N5OS/c1-5-29(21-8-6-7-17(2)15-21)14-11-26-24(31)20-9-12-30(13-10-20)23-22-18(3)19(4)32-25(22)28-16-27-23/h6-8,15-16,20H,5,9-14H2,1-4H3,(H,26,31). The predicted molar refractivity (Wildman–Crippen MR) is 134 cm³/mol. The Kier molecular flexibility index (Phi) is 6.94. The van der Waals surface area contributed by atoms with Crippen molar-refractivity contribution in [2.75, 3.05) is 42.5 Å². The fourth-order valence-corrected chi connectivity index (χ4v) is 5.50. The van der Waals surface area contributed by atoms with Gasteiger partial charge in [-0.1, -0.05) is 12.1 Å². The van der Waals surface area contributed by atoms with E-state index in [-0.39, 0.29) is 11.8 Å². The summed E-state index contributed by atoms with van der Waals surface area (Å²) in [5, 5.41) is 4.35. The van der Waals surface area contributed by atoms with E-state index in [9.17, 15) is 4.79 Å². The summed E-state index contributed by atoms with van der Waals surface area (Å²) in [5.74, 6) is 1.27. The van der Waals surface area contributed by atoms with E-state index < -0.39 is 0 Å². The van der Waals surface area contributed by atoms with Crippen LogP contribution >= 0.6 is 11.3 Å². The highest BCUT2D eigenvalue weighted by molar-refractivity contribution is 7.18. The van der Waals surface area contributed by atoms with Gasteiger partial charge in [0.15, 0.2) is 0 Å². The number of aromatic nitrogens is 2. The largest absolute Gasteiger partial charge is 0.370 e. The molecule has 170 valence electrons. The minimum atomic E-state index is 0.0722. The number of likely N-dealkylation sites (N-methyl/N-ethyl adjacent to an activating group) is 1. The molecule has 0 bridgehead atoms. The van der Waals surface area contributed by atoms with Crippen molar-refractivity contribution in [2.24, 2.45) is 5.92 Å². The summed E-state index contributed by atoms with van der Waals surface area (Å²) in [6.45, 7) is 12.7. The average Bonchev–Trinajstić information content (AvgIpc) is 3.10. The molecule has 1 amide bonds. The maximum Gasteiger partial charge on any atom is 0.223 e. The van der Waals surface area contributed by atoms with Crippen LogP contribution in [-0.4, -0.2) is 48.6 Å². The Hall–Kier alpha value is -2.67. The summed E-state index contributed by atoms with van der Waals surface area (Å²) in [5.41, 5.74) is 3.74. The van der Waals surface area contributed by atoms with Crippen LogP contribution < -0.4 is 15.1 Å². The summed E-state index contributed by atoms with van der Waals surface area (Å²) in [4.78, 5) is 28.8. The van der Waals surface area contributed by atoms with E-state index in [4.69, 9.17) is 0 Å². The highest BCUT2D eigenvalue weighted by atomic mass is 32.1. The van der Waals surface area contributed by atoms with E-state index in [0.717, 1.165) is 49.7 Å². The van der Waals surface area contributed by atoms with Gasteiger partial charge < -0.3 is 15.1 Å². The van der Waals surface area contributed by atoms with Crippen molar-refractivity contribution in [1.82, 2.24) is 15.3 Å². The molecule has 2 aromatic heterocycles. The average molecular weight is 452 g/mol. The van der Waals surface area contributed by atoms with Crippen molar-refractivity contribution in [3.05, 3.63) is 46.6 Å². The molecule has 32 heavy (non-hydrogen) atoms. The number of rotatable bonds is 7. The van der Waals surface area contributed by atoms with Crippen molar-refractivity contribution in [3.8, 4) is 0 Å². The number of nitrogens with zero attached hydrogens (tertiary/aromatic N) is 4. The van der Waals surface area contributed by atoms with Crippen molar-refractivity contribution in [2.45, 2.75) is 40.5 Å². The number of hydrogen-bond donors (Lipinski definition) is 1. The topological polar surface area (TPSA) is 61.4 Å². The number of benzene rings is 1. The third-order valence-corrected chi connectivity index (χ3v) is 7.66. The molecule has 3 heterocycles. The quantitative estimate of drug-likeness (QED) is 0.574. The van der Waals surface area contributed by atoms with Gasteiger partial charge in [-0.2, -0.15) is 0 Å². The first kappa shape index (κ1) is 22.5. The normalized spacial score (nSPS) is 14.7. The summed E-state index contributed by atoms with van der Waals surface area (Å²) in [6, 6.07) is 8.53. The number of carbonyl (C=O) groups excluding carboxylic acids is 1. The van der Waals surface area contributed by atoms with Crippen LogP contribution in [-0.2, 0) is 4.79 Å². The summed E-state index contributed by atoms with van der Waals surface area (Å²) >= 11 is 1.73. The molecule has 0 atom stereocenters. The molecule has 0 aliphatic carbocycles. The minimum Gasteiger partial charge on any atom is -0.370 e. The van der Waals surface area contributed by atoms with Crippen molar-refractivity contribution < 1.29 is 4.79 Å². The Bertz CT molecular complexity index is 1090. The summed E-state index contributed by atoms with van der Waals surface area (Å²) < 4.78 is 0. The molecule has 0 radical (unpaired) electrons. The number of anilines is 2. The zero-order valence-corrected chi connectivity index (χ0v) is 20.3. The maximum absolute atomic E-state index is 12.8. The van der Waals surface area contributed by atoms with Gasteiger partial charge in [-0.15, -0.1) is 11.3 Å². The molecule has 7 heteroatoms. The minimum absolute atomic E-state index is 0.0722. The summed E-state index contributed by atoms with van der Waals surface area (Å²) in [6.07, 6.45) is 3.38. The molecule has 1 aromatic carbocycles. The number of fused-ring (bicyclic) bond motifs is 1. The number of thiophene rings is 1. The molecule has 1 saturated heterocycles.